The van der Waals surface area contributed by atoms with Crippen LogP contribution in [-0.2, 0) is 15.6 Å². The number of amides is 1. The number of nitrogens with one attached hydrogen (secondary N) is 1. The molecule has 7 nitrogen and oxygen atoms in total. The van der Waals surface area contributed by atoms with E-state index in [0.29, 0.717) is 50.0 Å². The normalized spacial score (nSPS) is 23.4. The molecule has 1 saturated heterocycles. The van der Waals surface area contributed by atoms with E-state index >= 15 is 0 Å². The number of nitrogens with zero attached hydrogens (tertiary/aromatic N) is 3. The number of hydrogen-bond donors (Lipinski definition) is 1. The van der Waals surface area contributed by atoms with E-state index in [0.717, 1.165) is 25.9 Å². The molecule has 0 radical (unpaired) electrons. The van der Waals surface area contributed by atoms with E-state index in [1.54, 1.807) is 36.4 Å². The van der Waals surface area contributed by atoms with E-state index in [1.807, 2.05) is 5.01 Å². The summed E-state index contributed by atoms with van der Waals surface area (Å²) >= 11 is 12.7. The van der Waals surface area contributed by atoms with Crippen molar-refractivity contribution >= 4 is 50.6 Å². The smallest absolute Gasteiger partial charge is 0.283 e. The van der Waals surface area contributed by atoms with Crippen LogP contribution in [0.15, 0.2) is 42.5 Å². The number of carbonyl (C=O) groups excluding carboxylic acids is 1. The Balaban J connectivity index is 1.47. The lowest BCUT2D eigenvalue weighted by Crippen LogP contribution is -2.41. The quantitative estimate of drug-likeness (QED) is 0.465. The predicted molar refractivity (Wildman–Crippen MR) is 145 cm³/mol. The molecule has 1 saturated carbocycles. The van der Waals surface area contributed by atoms with Crippen molar-refractivity contribution in [1.29, 1.82) is 0 Å². The van der Waals surface area contributed by atoms with Crippen LogP contribution in [0.1, 0.15) is 46.6 Å². The molecule has 3 aliphatic rings. The number of halogens is 3. The van der Waals surface area contributed by atoms with Gasteiger partial charge in [0.25, 0.3) is 5.91 Å². The van der Waals surface area contributed by atoms with Gasteiger partial charge in [-0.05, 0) is 72.2 Å². The monoisotopic (exact) mass is 574 g/mol. The minimum atomic E-state index is -3.60. The molecule has 1 N–H and O–H groups in total. The maximum Gasteiger partial charge on any atom is 0.286 e. The molecule has 2 aromatic carbocycles. The van der Waals surface area contributed by atoms with Crippen molar-refractivity contribution in [1.82, 2.24) is 20.2 Å². The molecule has 2 fully saturated rings. The van der Waals surface area contributed by atoms with E-state index in [-0.39, 0.29) is 17.2 Å². The van der Waals surface area contributed by atoms with Gasteiger partial charge in [0, 0.05) is 23.7 Å². The standard InChI is InChI=1S/C27H25Cl2FN4O3S/c28-20-6-9-24(23(29)11-20)34-26-19(10-16-4-7-21(30)8-5-16)14-38(36,37)15-22(26)25(31-34)27(35)32-33-12-17-2-1-3-18(17)13-33/h4-11,17-18H,1-3,12-15H2,(H,32,35)/b19-10+. The summed E-state index contributed by atoms with van der Waals surface area (Å²) in [7, 11) is -3.60. The molecule has 2 unspecified atom stereocenters. The Morgan fingerprint density at radius 1 is 1.05 bits per heavy atom. The van der Waals surface area contributed by atoms with Crippen LogP contribution in [0.2, 0.25) is 10.0 Å². The highest BCUT2D eigenvalue weighted by Gasteiger charge is 2.39. The number of rotatable bonds is 4. The summed E-state index contributed by atoms with van der Waals surface area (Å²) < 4.78 is 41.1. The summed E-state index contributed by atoms with van der Waals surface area (Å²) in [4.78, 5) is 13.6. The number of hydrogen-bond acceptors (Lipinski definition) is 5. The molecule has 1 aromatic heterocycles. The van der Waals surface area contributed by atoms with Crippen LogP contribution in [-0.4, -0.2) is 48.0 Å². The first-order chi connectivity index (χ1) is 18.2. The Bertz CT molecular complexity index is 1560. The van der Waals surface area contributed by atoms with Crippen molar-refractivity contribution < 1.29 is 17.6 Å². The van der Waals surface area contributed by atoms with Crippen LogP contribution in [0.4, 0.5) is 4.39 Å². The second kappa shape index (κ2) is 9.79. The summed E-state index contributed by atoms with van der Waals surface area (Å²) in [6.07, 6.45) is 5.22. The summed E-state index contributed by atoms with van der Waals surface area (Å²) in [6.45, 7) is 1.55. The van der Waals surface area contributed by atoms with Gasteiger partial charge < -0.3 is 0 Å². The van der Waals surface area contributed by atoms with Gasteiger partial charge in [-0.15, -0.1) is 0 Å². The van der Waals surface area contributed by atoms with Crippen molar-refractivity contribution in [3.8, 4) is 5.69 Å². The number of carbonyl (C=O) groups is 1. The Kier molecular flexibility index (Phi) is 6.58. The molecule has 198 valence electrons. The summed E-state index contributed by atoms with van der Waals surface area (Å²) in [5, 5.41) is 7.28. The second-order valence-corrected chi connectivity index (χ2v) is 13.1. The van der Waals surface area contributed by atoms with Crippen molar-refractivity contribution in [2.75, 3.05) is 18.8 Å². The maximum absolute atomic E-state index is 13.6. The van der Waals surface area contributed by atoms with Gasteiger partial charge in [-0.2, -0.15) is 5.10 Å². The van der Waals surface area contributed by atoms with Crippen molar-refractivity contribution in [2.45, 2.75) is 25.0 Å². The minimum absolute atomic E-state index is 0.0383. The predicted octanol–water partition coefficient (Wildman–Crippen LogP) is 5.16. The van der Waals surface area contributed by atoms with Gasteiger partial charge in [-0.25, -0.2) is 22.5 Å². The largest absolute Gasteiger partial charge is 0.286 e. The van der Waals surface area contributed by atoms with Crippen LogP contribution in [0, 0.1) is 17.7 Å². The van der Waals surface area contributed by atoms with Crippen LogP contribution in [0.5, 0.6) is 0 Å². The molecule has 0 bridgehead atoms. The van der Waals surface area contributed by atoms with Crippen molar-refractivity contribution in [2.24, 2.45) is 11.8 Å². The third-order valence-electron chi connectivity index (χ3n) is 7.58. The van der Waals surface area contributed by atoms with Crippen LogP contribution in [0.25, 0.3) is 17.3 Å². The molecule has 38 heavy (non-hydrogen) atoms. The highest BCUT2D eigenvalue weighted by molar-refractivity contribution is 7.91. The zero-order chi connectivity index (χ0) is 26.6. The van der Waals surface area contributed by atoms with E-state index < -0.39 is 21.6 Å². The number of hydrazine groups is 1. The third kappa shape index (κ3) is 4.88. The fraction of sp³-hybridized carbons (Fsp3) is 0.333. The molecule has 11 heteroatoms. The zero-order valence-electron chi connectivity index (χ0n) is 20.3. The van der Waals surface area contributed by atoms with Gasteiger partial charge >= 0.3 is 0 Å². The zero-order valence-corrected chi connectivity index (χ0v) is 22.7. The molecule has 2 aliphatic heterocycles. The number of benzene rings is 2. The fourth-order valence-corrected chi connectivity index (χ4v) is 7.89. The Hall–Kier alpha value is -2.72. The SMILES string of the molecule is O=C(NN1CC2CCCC2C1)c1nn(-c2ccc(Cl)cc2Cl)c2c1CS(=O)(=O)C/C2=C\c1ccc(F)cc1. The van der Waals surface area contributed by atoms with E-state index in [1.165, 1.54) is 23.2 Å². The van der Waals surface area contributed by atoms with Gasteiger partial charge in [0.2, 0.25) is 0 Å². The molecule has 1 amide bonds. The molecule has 1 aliphatic carbocycles. The molecule has 3 aromatic rings. The Morgan fingerprint density at radius 3 is 2.45 bits per heavy atom. The summed E-state index contributed by atoms with van der Waals surface area (Å²) in [6, 6.07) is 10.7. The van der Waals surface area contributed by atoms with Gasteiger partial charge in [-0.1, -0.05) is 41.8 Å². The van der Waals surface area contributed by atoms with E-state index in [2.05, 4.69) is 10.5 Å². The summed E-state index contributed by atoms with van der Waals surface area (Å²) in [5.41, 5.74) is 5.32. The molecular weight excluding hydrogens is 550 g/mol. The van der Waals surface area contributed by atoms with Crippen molar-refractivity contribution in [3.05, 3.63) is 80.8 Å². The second-order valence-electron chi connectivity index (χ2n) is 10.2. The van der Waals surface area contributed by atoms with Crippen LogP contribution in [0.3, 0.4) is 0 Å². The highest BCUT2D eigenvalue weighted by atomic mass is 35.5. The summed E-state index contributed by atoms with van der Waals surface area (Å²) in [5.74, 6) is -0.302. The molecule has 2 atom stereocenters. The van der Waals surface area contributed by atoms with E-state index in [4.69, 9.17) is 23.2 Å². The van der Waals surface area contributed by atoms with Crippen LogP contribution < -0.4 is 5.43 Å². The van der Waals surface area contributed by atoms with Crippen LogP contribution >= 0.6 is 23.2 Å². The number of aromatic nitrogens is 2. The minimum Gasteiger partial charge on any atom is -0.283 e. The van der Waals surface area contributed by atoms with Gasteiger partial charge in [0.1, 0.15) is 5.82 Å². The first kappa shape index (κ1) is 25.6. The number of sulfone groups is 1. The lowest BCUT2D eigenvalue weighted by atomic mass is 10.0. The molecular formula is C27H25Cl2FN4O3S. The lowest BCUT2D eigenvalue weighted by molar-refractivity contribution is 0.0808. The Morgan fingerprint density at radius 2 is 1.76 bits per heavy atom. The third-order valence-corrected chi connectivity index (χ3v) is 9.59. The Labute approximate surface area is 230 Å². The molecule has 3 heterocycles. The fourth-order valence-electron chi connectivity index (χ4n) is 5.90. The van der Waals surface area contributed by atoms with Gasteiger partial charge in [0.15, 0.2) is 15.5 Å². The molecule has 6 rings (SSSR count). The van der Waals surface area contributed by atoms with E-state index in [9.17, 15) is 17.6 Å². The van der Waals surface area contributed by atoms with Crippen molar-refractivity contribution in [3.63, 3.8) is 0 Å². The average Bonchev–Trinajstić information content (AvgIpc) is 3.53. The molecule has 0 spiro atoms. The average molecular weight is 575 g/mol. The maximum atomic E-state index is 13.6. The number of fused-ring (bicyclic) bond motifs is 2. The van der Waals surface area contributed by atoms with Gasteiger partial charge in [0.05, 0.1) is 27.9 Å². The van der Waals surface area contributed by atoms with Gasteiger partial charge in [-0.3, -0.25) is 10.2 Å². The first-order valence-corrected chi connectivity index (χ1v) is 15.0. The topological polar surface area (TPSA) is 84.3 Å². The lowest BCUT2D eigenvalue weighted by Gasteiger charge is -2.20. The first-order valence-electron chi connectivity index (χ1n) is 12.5. The highest BCUT2D eigenvalue weighted by Crippen LogP contribution is 2.38.